The molecule has 0 aliphatic rings. The molecule has 0 unspecified atom stereocenters. The predicted molar refractivity (Wildman–Crippen MR) is 71.8 cm³/mol. The van der Waals surface area contributed by atoms with Crippen molar-refractivity contribution in [2.45, 2.75) is 32.9 Å². The highest BCUT2D eigenvalue weighted by atomic mass is 16.5. The molecule has 0 saturated heterocycles. The molecule has 19 heavy (non-hydrogen) atoms. The molecule has 0 fully saturated rings. The Morgan fingerprint density at radius 3 is 2.74 bits per heavy atom. The third kappa shape index (κ3) is 4.06. The van der Waals surface area contributed by atoms with E-state index >= 15 is 0 Å². The molecule has 1 aromatic carbocycles. The number of nitrogens with one attached hydrogen (secondary N) is 1. The van der Waals surface area contributed by atoms with Gasteiger partial charge in [-0.15, -0.1) is 0 Å². The van der Waals surface area contributed by atoms with E-state index in [1.807, 2.05) is 31.3 Å². The van der Waals surface area contributed by atoms with Crippen LogP contribution in [0, 0.1) is 0 Å². The number of benzene rings is 1. The number of rotatable bonds is 7. The van der Waals surface area contributed by atoms with Gasteiger partial charge in [0.2, 0.25) is 11.7 Å². The maximum absolute atomic E-state index is 5.61. The minimum Gasteiger partial charge on any atom is -0.485 e. The van der Waals surface area contributed by atoms with Crippen molar-refractivity contribution < 1.29 is 9.26 Å². The van der Waals surface area contributed by atoms with Crippen LogP contribution in [0.3, 0.4) is 0 Å². The Morgan fingerprint density at radius 1 is 1.26 bits per heavy atom. The molecule has 0 aliphatic heterocycles. The molecule has 1 aromatic heterocycles. The van der Waals surface area contributed by atoms with Crippen LogP contribution >= 0.6 is 0 Å². The summed E-state index contributed by atoms with van der Waals surface area (Å²) in [6, 6.07) is 7.95. The number of hydrogen-bond acceptors (Lipinski definition) is 5. The van der Waals surface area contributed by atoms with Gasteiger partial charge >= 0.3 is 0 Å². The van der Waals surface area contributed by atoms with E-state index in [2.05, 4.69) is 22.4 Å². The number of aromatic nitrogens is 2. The van der Waals surface area contributed by atoms with Crippen LogP contribution in [0.5, 0.6) is 5.75 Å². The molecule has 2 rings (SSSR count). The van der Waals surface area contributed by atoms with E-state index < -0.39 is 0 Å². The first kappa shape index (κ1) is 13.5. The summed E-state index contributed by atoms with van der Waals surface area (Å²) in [5.74, 6) is 2.06. The van der Waals surface area contributed by atoms with Crippen molar-refractivity contribution in [3.05, 3.63) is 41.5 Å². The summed E-state index contributed by atoms with van der Waals surface area (Å²) in [6.07, 6.45) is 1.81. The fraction of sp³-hybridized carbons (Fsp3) is 0.429. The van der Waals surface area contributed by atoms with Gasteiger partial charge in [0.05, 0.1) is 0 Å². The first-order valence-electron chi connectivity index (χ1n) is 6.49. The molecule has 102 valence electrons. The Hall–Kier alpha value is -1.88. The molecule has 0 amide bonds. The van der Waals surface area contributed by atoms with Crippen LogP contribution in [0.2, 0.25) is 0 Å². The third-order valence-electron chi connectivity index (χ3n) is 2.65. The number of hydrogen-bond donors (Lipinski definition) is 1. The van der Waals surface area contributed by atoms with Crippen LogP contribution in [0.25, 0.3) is 0 Å². The molecule has 0 saturated carbocycles. The molecule has 5 heteroatoms. The summed E-state index contributed by atoms with van der Waals surface area (Å²) < 4.78 is 10.7. The monoisotopic (exact) mass is 261 g/mol. The molecular formula is C14H19N3O2. The smallest absolute Gasteiger partial charge is 0.226 e. The Bertz CT molecular complexity index is 494. The molecule has 2 aromatic rings. The summed E-state index contributed by atoms with van der Waals surface area (Å²) in [7, 11) is 1.93. The lowest BCUT2D eigenvalue weighted by Crippen LogP contribution is -2.04. The van der Waals surface area contributed by atoms with Crippen molar-refractivity contribution in [1.82, 2.24) is 15.5 Å². The Morgan fingerprint density at radius 2 is 2.05 bits per heavy atom. The van der Waals surface area contributed by atoms with Gasteiger partial charge in [0.15, 0.2) is 6.61 Å². The van der Waals surface area contributed by atoms with Gasteiger partial charge in [0.25, 0.3) is 0 Å². The molecule has 0 aliphatic carbocycles. The maximum Gasteiger partial charge on any atom is 0.226 e. The van der Waals surface area contributed by atoms with Gasteiger partial charge in [0.1, 0.15) is 5.75 Å². The van der Waals surface area contributed by atoms with Gasteiger partial charge < -0.3 is 14.6 Å². The van der Waals surface area contributed by atoms with Gasteiger partial charge in [-0.3, -0.25) is 0 Å². The van der Waals surface area contributed by atoms with Gasteiger partial charge in [0, 0.05) is 13.0 Å². The second kappa shape index (κ2) is 6.89. The first-order valence-corrected chi connectivity index (χ1v) is 6.49. The SMILES string of the molecule is CCCc1nc(COc2ccc(CNC)cc2)no1. The normalized spacial score (nSPS) is 10.6. The molecular weight excluding hydrogens is 242 g/mol. The Balaban J connectivity index is 1.86. The average molecular weight is 261 g/mol. The summed E-state index contributed by atoms with van der Waals surface area (Å²) >= 11 is 0. The topological polar surface area (TPSA) is 60.2 Å². The summed E-state index contributed by atoms with van der Waals surface area (Å²) in [5, 5.41) is 6.98. The molecule has 1 heterocycles. The van der Waals surface area contributed by atoms with Crippen LogP contribution in [0.4, 0.5) is 0 Å². The minimum absolute atomic E-state index is 0.332. The van der Waals surface area contributed by atoms with Crippen molar-refractivity contribution in [1.29, 1.82) is 0 Å². The van der Waals surface area contributed by atoms with Gasteiger partial charge in [-0.25, -0.2) is 0 Å². The predicted octanol–water partition coefficient (Wildman–Crippen LogP) is 2.32. The van der Waals surface area contributed by atoms with Crippen molar-refractivity contribution in [2.24, 2.45) is 0 Å². The van der Waals surface area contributed by atoms with E-state index in [0.29, 0.717) is 18.3 Å². The number of aryl methyl sites for hydroxylation is 1. The first-order chi connectivity index (χ1) is 9.31. The van der Waals surface area contributed by atoms with Crippen molar-refractivity contribution in [3.63, 3.8) is 0 Å². The maximum atomic E-state index is 5.61. The van der Waals surface area contributed by atoms with E-state index in [-0.39, 0.29) is 0 Å². The Labute approximate surface area is 113 Å². The van der Waals surface area contributed by atoms with Crippen molar-refractivity contribution >= 4 is 0 Å². The highest BCUT2D eigenvalue weighted by Gasteiger charge is 2.05. The van der Waals surface area contributed by atoms with Gasteiger partial charge in [-0.1, -0.05) is 24.2 Å². The van der Waals surface area contributed by atoms with E-state index in [1.54, 1.807) is 0 Å². The van der Waals surface area contributed by atoms with Crippen LogP contribution < -0.4 is 10.1 Å². The molecule has 1 N–H and O–H groups in total. The minimum atomic E-state index is 0.332. The van der Waals surface area contributed by atoms with Crippen LogP contribution in [0.15, 0.2) is 28.8 Å². The molecule has 0 spiro atoms. The molecule has 0 radical (unpaired) electrons. The van der Waals surface area contributed by atoms with E-state index in [1.165, 1.54) is 5.56 Å². The van der Waals surface area contributed by atoms with Crippen LogP contribution in [-0.2, 0) is 19.6 Å². The van der Waals surface area contributed by atoms with E-state index in [9.17, 15) is 0 Å². The lowest BCUT2D eigenvalue weighted by Gasteiger charge is -2.04. The second-order valence-corrected chi connectivity index (χ2v) is 4.32. The van der Waals surface area contributed by atoms with Crippen LogP contribution in [0.1, 0.15) is 30.6 Å². The van der Waals surface area contributed by atoms with Gasteiger partial charge in [-0.2, -0.15) is 4.98 Å². The zero-order valence-corrected chi connectivity index (χ0v) is 11.3. The lowest BCUT2D eigenvalue weighted by molar-refractivity contribution is 0.285. The summed E-state index contributed by atoms with van der Waals surface area (Å²) in [5.41, 5.74) is 1.22. The third-order valence-corrected chi connectivity index (χ3v) is 2.65. The van der Waals surface area contributed by atoms with E-state index in [0.717, 1.165) is 25.1 Å². The standard InChI is InChI=1S/C14H19N3O2/c1-3-4-14-16-13(17-19-14)10-18-12-7-5-11(6-8-12)9-15-2/h5-8,15H,3-4,9-10H2,1-2H3. The van der Waals surface area contributed by atoms with E-state index in [4.69, 9.17) is 9.26 Å². The second-order valence-electron chi connectivity index (χ2n) is 4.32. The van der Waals surface area contributed by atoms with Gasteiger partial charge in [-0.05, 0) is 31.2 Å². The molecule has 0 bridgehead atoms. The highest BCUT2D eigenvalue weighted by Crippen LogP contribution is 2.13. The van der Waals surface area contributed by atoms with Crippen LogP contribution in [-0.4, -0.2) is 17.2 Å². The highest BCUT2D eigenvalue weighted by molar-refractivity contribution is 5.27. The number of ether oxygens (including phenoxy) is 1. The fourth-order valence-corrected chi connectivity index (χ4v) is 1.72. The average Bonchev–Trinajstić information content (AvgIpc) is 2.87. The summed E-state index contributed by atoms with van der Waals surface area (Å²) in [4.78, 5) is 4.25. The van der Waals surface area contributed by atoms with Crippen molar-refractivity contribution in [2.75, 3.05) is 7.05 Å². The molecule has 5 nitrogen and oxygen atoms in total. The Kier molecular flexibility index (Phi) is 4.92. The summed E-state index contributed by atoms with van der Waals surface area (Å²) in [6.45, 7) is 3.26. The lowest BCUT2D eigenvalue weighted by atomic mass is 10.2. The van der Waals surface area contributed by atoms with Crippen molar-refractivity contribution in [3.8, 4) is 5.75 Å². The zero-order valence-electron chi connectivity index (χ0n) is 11.3. The quantitative estimate of drug-likeness (QED) is 0.828. The largest absolute Gasteiger partial charge is 0.485 e. The zero-order chi connectivity index (χ0) is 13.5. The molecule has 0 atom stereocenters. The fourth-order valence-electron chi connectivity index (χ4n) is 1.72. The number of nitrogens with zero attached hydrogens (tertiary/aromatic N) is 2.